The molecule has 0 bridgehead atoms. The topological polar surface area (TPSA) is 63.2 Å². The van der Waals surface area contributed by atoms with Crippen molar-refractivity contribution >= 4 is 23.7 Å². The molecule has 1 heterocycles. The standard InChI is InChI=1S/C34H42O6/c1-24(2)11-10-12-25(3)19-20-38-32-23-39-30-18-16-26(21-31(30)40-34(32,4)5)15-17-27-13-8-9-14-28(27)29(22-36-6)33(35)37-7/h8-9,11,13-19,21-22,32H,10,12,20,23H2,1-7H3/b17-15+,25-19+,29-22+/t32-/m0/s1. The summed E-state index contributed by atoms with van der Waals surface area (Å²) in [7, 11) is 2.85. The Bertz CT molecular complexity index is 1280. The minimum Gasteiger partial charge on any atom is -0.503 e. The molecule has 0 amide bonds. The summed E-state index contributed by atoms with van der Waals surface area (Å²) in [5, 5.41) is 0. The number of rotatable bonds is 11. The highest BCUT2D eigenvalue weighted by atomic mass is 16.6. The summed E-state index contributed by atoms with van der Waals surface area (Å²) in [6.07, 6.45) is 11.5. The Labute approximate surface area is 238 Å². The maximum Gasteiger partial charge on any atom is 0.341 e. The van der Waals surface area contributed by atoms with Gasteiger partial charge < -0.3 is 23.7 Å². The van der Waals surface area contributed by atoms with Crippen LogP contribution in [0.2, 0.25) is 0 Å². The fourth-order valence-corrected chi connectivity index (χ4v) is 4.31. The number of carbonyl (C=O) groups is 1. The van der Waals surface area contributed by atoms with Crippen LogP contribution in [0.25, 0.3) is 17.7 Å². The van der Waals surface area contributed by atoms with E-state index >= 15 is 0 Å². The van der Waals surface area contributed by atoms with Gasteiger partial charge >= 0.3 is 5.97 Å². The van der Waals surface area contributed by atoms with Crippen molar-refractivity contribution < 1.29 is 28.5 Å². The van der Waals surface area contributed by atoms with Crippen LogP contribution in [0.5, 0.6) is 11.5 Å². The van der Waals surface area contributed by atoms with Gasteiger partial charge in [0.1, 0.15) is 23.9 Å². The molecular weight excluding hydrogens is 504 g/mol. The molecule has 0 fully saturated rings. The lowest BCUT2D eigenvalue weighted by atomic mass is 9.99. The number of allylic oxidation sites excluding steroid dienone is 3. The second-order valence-corrected chi connectivity index (χ2v) is 10.6. The van der Waals surface area contributed by atoms with Crippen LogP contribution < -0.4 is 9.47 Å². The van der Waals surface area contributed by atoms with E-state index in [0.29, 0.717) is 35.8 Å². The maximum absolute atomic E-state index is 12.3. The second kappa shape index (κ2) is 14.6. The Kier molecular flexibility index (Phi) is 11.2. The Morgan fingerprint density at radius 2 is 1.80 bits per heavy atom. The van der Waals surface area contributed by atoms with Crippen molar-refractivity contribution in [2.75, 3.05) is 27.4 Å². The number of hydrogen-bond donors (Lipinski definition) is 0. The number of fused-ring (bicyclic) bond motifs is 1. The molecule has 6 heteroatoms. The van der Waals surface area contributed by atoms with Gasteiger partial charge in [-0.25, -0.2) is 4.79 Å². The van der Waals surface area contributed by atoms with Crippen LogP contribution in [0, 0.1) is 0 Å². The highest BCUT2D eigenvalue weighted by Crippen LogP contribution is 2.37. The minimum atomic E-state index is -0.593. The number of carbonyl (C=O) groups excluding carboxylic acids is 1. The molecule has 2 aromatic rings. The van der Waals surface area contributed by atoms with E-state index in [4.69, 9.17) is 23.7 Å². The maximum atomic E-state index is 12.3. The van der Waals surface area contributed by atoms with Crippen molar-refractivity contribution in [2.45, 2.75) is 59.2 Å². The van der Waals surface area contributed by atoms with Crippen LogP contribution >= 0.6 is 0 Å². The molecule has 0 N–H and O–H groups in total. The van der Waals surface area contributed by atoms with E-state index in [0.717, 1.165) is 24.0 Å². The van der Waals surface area contributed by atoms with Crippen molar-refractivity contribution in [2.24, 2.45) is 0 Å². The normalized spacial score (nSPS) is 16.8. The highest BCUT2D eigenvalue weighted by molar-refractivity contribution is 6.17. The van der Waals surface area contributed by atoms with Crippen molar-refractivity contribution in [3.05, 3.63) is 88.7 Å². The molecule has 0 aliphatic carbocycles. The summed E-state index contributed by atoms with van der Waals surface area (Å²) in [6, 6.07) is 13.4. The van der Waals surface area contributed by atoms with E-state index in [1.54, 1.807) is 0 Å². The lowest BCUT2D eigenvalue weighted by Crippen LogP contribution is -2.45. The van der Waals surface area contributed by atoms with Gasteiger partial charge in [-0.05, 0) is 76.3 Å². The van der Waals surface area contributed by atoms with E-state index in [2.05, 4.69) is 32.9 Å². The largest absolute Gasteiger partial charge is 0.503 e. The van der Waals surface area contributed by atoms with Gasteiger partial charge in [-0.2, -0.15) is 0 Å². The van der Waals surface area contributed by atoms with Crippen molar-refractivity contribution in [3.8, 4) is 11.5 Å². The molecule has 0 aromatic heterocycles. The van der Waals surface area contributed by atoms with Gasteiger partial charge in [0.15, 0.2) is 11.5 Å². The lowest BCUT2D eigenvalue weighted by Gasteiger charge is -2.31. The number of benzene rings is 2. The lowest BCUT2D eigenvalue weighted by molar-refractivity contribution is -0.133. The highest BCUT2D eigenvalue weighted by Gasteiger charge is 2.36. The molecule has 2 aromatic carbocycles. The second-order valence-electron chi connectivity index (χ2n) is 10.6. The van der Waals surface area contributed by atoms with E-state index in [9.17, 15) is 4.79 Å². The zero-order valence-corrected chi connectivity index (χ0v) is 24.8. The zero-order valence-electron chi connectivity index (χ0n) is 24.8. The van der Waals surface area contributed by atoms with E-state index in [-0.39, 0.29) is 6.10 Å². The molecule has 1 aliphatic rings. The molecule has 0 saturated carbocycles. The monoisotopic (exact) mass is 546 g/mol. The first kappa shape index (κ1) is 30.8. The van der Waals surface area contributed by atoms with Crippen LogP contribution in [-0.2, 0) is 19.0 Å². The molecule has 0 saturated heterocycles. The molecule has 1 atom stereocenters. The van der Waals surface area contributed by atoms with E-state index in [1.165, 1.54) is 31.6 Å². The predicted molar refractivity (Wildman–Crippen MR) is 161 cm³/mol. The van der Waals surface area contributed by atoms with Gasteiger partial charge in [0.05, 0.1) is 27.1 Å². The third kappa shape index (κ3) is 8.62. The molecular formula is C34H42O6. The quantitative estimate of drug-likeness (QED) is 0.0949. The smallest absolute Gasteiger partial charge is 0.341 e. The molecule has 214 valence electrons. The van der Waals surface area contributed by atoms with Gasteiger partial charge in [-0.3, -0.25) is 0 Å². The van der Waals surface area contributed by atoms with Gasteiger partial charge in [-0.15, -0.1) is 0 Å². The fraction of sp³-hybridized carbons (Fsp3) is 0.382. The van der Waals surface area contributed by atoms with Crippen LogP contribution in [0.4, 0.5) is 0 Å². The van der Waals surface area contributed by atoms with E-state index in [1.807, 2.05) is 68.5 Å². The van der Waals surface area contributed by atoms with Gasteiger partial charge in [0, 0.05) is 0 Å². The number of hydrogen-bond acceptors (Lipinski definition) is 6. The Hall–Kier alpha value is -3.77. The first-order valence-electron chi connectivity index (χ1n) is 13.6. The van der Waals surface area contributed by atoms with E-state index < -0.39 is 11.6 Å². The molecule has 3 rings (SSSR count). The number of methoxy groups -OCH3 is 2. The van der Waals surface area contributed by atoms with Crippen molar-refractivity contribution in [3.63, 3.8) is 0 Å². The third-order valence-corrected chi connectivity index (χ3v) is 6.67. The molecule has 0 spiro atoms. The summed E-state index contributed by atoms with van der Waals surface area (Å²) < 4.78 is 28.8. The van der Waals surface area contributed by atoms with Gasteiger partial charge in [0.25, 0.3) is 0 Å². The Morgan fingerprint density at radius 3 is 2.52 bits per heavy atom. The van der Waals surface area contributed by atoms with Crippen LogP contribution in [0.3, 0.4) is 0 Å². The first-order valence-corrected chi connectivity index (χ1v) is 13.6. The van der Waals surface area contributed by atoms with Crippen LogP contribution in [-0.4, -0.2) is 45.1 Å². The average Bonchev–Trinajstić information content (AvgIpc) is 3.04. The molecule has 6 nitrogen and oxygen atoms in total. The Morgan fingerprint density at radius 1 is 1.02 bits per heavy atom. The molecule has 0 radical (unpaired) electrons. The zero-order chi connectivity index (χ0) is 29.1. The van der Waals surface area contributed by atoms with Gasteiger partial charge in [0.2, 0.25) is 0 Å². The summed E-state index contributed by atoms with van der Waals surface area (Å²) in [6.45, 7) is 11.3. The van der Waals surface area contributed by atoms with Crippen molar-refractivity contribution in [1.29, 1.82) is 0 Å². The molecule has 40 heavy (non-hydrogen) atoms. The predicted octanol–water partition coefficient (Wildman–Crippen LogP) is 7.65. The van der Waals surface area contributed by atoms with Crippen molar-refractivity contribution in [1.82, 2.24) is 0 Å². The summed E-state index contributed by atoms with van der Waals surface area (Å²) in [4.78, 5) is 12.3. The number of ether oxygens (including phenoxy) is 5. The molecule has 0 unspecified atom stereocenters. The molecule has 1 aliphatic heterocycles. The fourth-order valence-electron chi connectivity index (χ4n) is 4.31. The average molecular weight is 547 g/mol. The summed E-state index contributed by atoms with van der Waals surface area (Å²) in [5.41, 5.74) is 4.89. The third-order valence-electron chi connectivity index (χ3n) is 6.67. The van der Waals surface area contributed by atoms with Crippen LogP contribution in [0.1, 0.15) is 64.2 Å². The first-order chi connectivity index (χ1) is 19.1. The Balaban J connectivity index is 1.73. The summed E-state index contributed by atoms with van der Waals surface area (Å²) in [5.74, 6) is 0.877. The van der Waals surface area contributed by atoms with Crippen LogP contribution in [0.15, 0.2) is 72.0 Å². The van der Waals surface area contributed by atoms with Gasteiger partial charge in [-0.1, -0.05) is 65.8 Å². The summed E-state index contributed by atoms with van der Waals surface area (Å²) >= 11 is 0. The SMILES string of the molecule is CO/C=C(/C(=O)OC)c1ccccc1/C=C/c1ccc2c(c1)OC(C)(C)[C@@H](OC/C=C(\C)CCC=C(C)C)CO2. The minimum absolute atomic E-state index is 0.239. The number of esters is 1.